The highest BCUT2D eigenvalue weighted by atomic mass is 16.2. The second-order valence-corrected chi connectivity index (χ2v) is 7.20. The molecule has 148 valence electrons. The van der Waals surface area contributed by atoms with Crippen molar-refractivity contribution in [2.75, 3.05) is 13.1 Å². The number of hydrogen-bond acceptors (Lipinski definition) is 4. The summed E-state index contributed by atoms with van der Waals surface area (Å²) in [5.74, 6) is -0.339. The van der Waals surface area contributed by atoms with E-state index in [0.717, 1.165) is 16.8 Å². The third-order valence-corrected chi connectivity index (χ3v) is 5.08. The van der Waals surface area contributed by atoms with E-state index < -0.39 is 0 Å². The molecule has 4 rings (SSSR count). The molecular weight excluding hydrogens is 366 g/mol. The fourth-order valence-electron chi connectivity index (χ4n) is 3.49. The Morgan fingerprint density at radius 3 is 2.69 bits per heavy atom. The molecule has 7 nitrogen and oxygen atoms in total. The van der Waals surface area contributed by atoms with E-state index in [2.05, 4.69) is 15.4 Å². The Hall–Kier alpha value is -3.48. The zero-order chi connectivity index (χ0) is 20.1. The summed E-state index contributed by atoms with van der Waals surface area (Å²) < 4.78 is 1.82. The fraction of sp³-hybridized carbons (Fsp3) is 0.273. The predicted octanol–water partition coefficient (Wildman–Crippen LogP) is 1.97. The maximum Gasteiger partial charge on any atom is 0.225 e. The minimum absolute atomic E-state index is 0.0195. The molecule has 29 heavy (non-hydrogen) atoms. The van der Waals surface area contributed by atoms with Crippen LogP contribution in [0.5, 0.6) is 0 Å². The highest BCUT2D eigenvalue weighted by Crippen LogP contribution is 2.20. The van der Waals surface area contributed by atoms with Crippen molar-refractivity contribution in [2.24, 2.45) is 5.92 Å². The number of carbonyl (C=O) groups is 2. The number of pyridine rings is 1. The minimum Gasteiger partial charge on any atom is -0.355 e. The maximum absolute atomic E-state index is 12.5. The third kappa shape index (κ3) is 4.68. The molecule has 1 aliphatic rings. The molecule has 1 saturated heterocycles. The Kier molecular flexibility index (Phi) is 5.65. The van der Waals surface area contributed by atoms with Gasteiger partial charge in [0.25, 0.3) is 0 Å². The van der Waals surface area contributed by atoms with E-state index in [1.165, 1.54) is 0 Å². The summed E-state index contributed by atoms with van der Waals surface area (Å²) in [5, 5.41) is 7.33. The molecule has 1 atom stereocenters. The number of rotatable bonds is 7. The van der Waals surface area contributed by atoms with Crippen molar-refractivity contribution in [1.29, 1.82) is 0 Å². The number of carbonyl (C=O) groups excluding carboxylic acids is 2. The summed E-state index contributed by atoms with van der Waals surface area (Å²) in [5.41, 5.74) is 3.07. The zero-order valence-electron chi connectivity index (χ0n) is 16.1. The number of amides is 2. The van der Waals surface area contributed by atoms with Crippen molar-refractivity contribution in [1.82, 2.24) is 25.0 Å². The van der Waals surface area contributed by atoms with Gasteiger partial charge in [0.2, 0.25) is 11.8 Å². The van der Waals surface area contributed by atoms with Crippen LogP contribution < -0.4 is 5.32 Å². The SMILES string of the molecule is O=C(NCCc1cnn(-c2ccccc2)c1)C1CC(=O)N(Cc2ccncc2)C1. The van der Waals surface area contributed by atoms with Gasteiger partial charge in [-0.25, -0.2) is 4.68 Å². The molecule has 0 saturated carbocycles. The number of aromatic nitrogens is 3. The zero-order valence-corrected chi connectivity index (χ0v) is 16.1. The second kappa shape index (κ2) is 8.68. The molecule has 2 aromatic heterocycles. The van der Waals surface area contributed by atoms with E-state index in [0.29, 0.717) is 26.1 Å². The van der Waals surface area contributed by atoms with Gasteiger partial charge < -0.3 is 10.2 Å². The molecule has 3 heterocycles. The van der Waals surface area contributed by atoms with Crippen LogP contribution in [0.2, 0.25) is 0 Å². The normalized spacial score (nSPS) is 16.2. The summed E-state index contributed by atoms with van der Waals surface area (Å²) in [6.07, 6.45) is 8.16. The van der Waals surface area contributed by atoms with Crippen LogP contribution in [0.25, 0.3) is 5.69 Å². The molecule has 0 bridgehead atoms. The quantitative estimate of drug-likeness (QED) is 0.670. The van der Waals surface area contributed by atoms with Crippen LogP contribution in [0, 0.1) is 5.92 Å². The summed E-state index contributed by atoms with van der Waals surface area (Å²) in [6.45, 7) is 1.50. The van der Waals surface area contributed by atoms with Crippen LogP contribution >= 0.6 is 0 Å². The Morgan fingerprint density at radius 2 is 1.90 bits per heavy atom. The number of likely N-dealkylation sites (tertiary alicyclic amines) is 1. The van der Waals surface area contributed by atoms with Crippen molar-refractivity contribution in [2.45, 2.75) is 19.4 Å². The van der Waals surface area contributed by atoms with Gasteiger partial charge in [-0.2, -0.15) is 5.10 Å². The first kappa shape index (κ1) is 18.9. The fourth-order valence-corrected chi connectivity index (χ4v) is 3.49. The van der Waals surface area contributed by atoms with Crippen LogP contribution in [0.3, 0.4) is 0 Å². The predicted molar refractivity (Wildman–Crippen MR) is 108 cm³/mol. The van der Waals surface area contributed by atoms with Crippen LogP contribution in [0.15, 0.2) is 67.3 Å². The molecule has 0 aliphatic carbocycles. The van der Waals surface area contributed by atoms with E-state index in [4.69, 9.17) is 0 Å². The molecule has 1 N–H and O–H groups in total. The lowest BCUT2D eigenvalue weighted by molar-refractivity contribution is -0.129. The Labute approximate surface area is 169 Å². The van der Waals surface area contributed by atoms with Gasteiger partial charge in [-0.3, -0.25) is 14.6 Å². The third-order valence-electron chi connectivity index (χ3n) is 5.08. The van der Waals surface area contributed by atoms with E-state index >= 15 is 0 Å². The van der Waals surface area contributed by atoms with Crippen LogP contribution in [-0.2, 0) is 22.6 Å². The number of para-hydroxylation sites is 1. The number of nitrogens with one attached hydrogen (secondary N) is 1. The molecule has 3 aromatic rings. The topological polar surface area (TPSA) is 80.1 Å². The molecule has 2 amide bonds. The summed E-state index contributed by atoms with van der Waals surface area (Å²) in [7, 11) is 0. The number of nitrogens with zero attached hydrogens (tertiary/aromatic N) is 4. The standard InChI is InChI=1S/C22H23N5O2/c28-21-12-19(16-26(21)14-17-6-9-23-10-7-17)22(29)24-11-8-18-13-25-27(15-18)20-4-2-1-3-5-20/h1-7,9-10,13,15,19H,8,11-12,14,16H2,(H,24,29). The van der Waals surface area contributed by atoms with Gasteiger partial charge >= 0.3 is 0 Å². The average Bonchev–Trinajstić information content (AvgIpc) is 3.37. The lowest BCUT2D eigenvalue weighted by Gasteiger charge is -2.16. The largest absolute Gasteiger partial charge is 0.355 e. The first-order valence-electron chi connectivity index (χ1n) is 9.72. The number of benzene rings is 1. The van der Waals surface area contributed by atoms with Crippen molar-refractivity contribution in [3.05, 3.63) is 78.4 Å². The molecule has 0 spiro atoms. The Bertz CT molecular complexity index is 971. The van der Waals surface area contributed by atoms with Gasteiger partial charge in [0.15, 0.2) is 0 Å². The van der Waals surface area contributed by atoms with E-state index in [-0.39, 0.29) is 24.2 Å². The van der Waals surface area contributed by atoms with E-state index in [9.17, 15) is 9.59 Å². The summed E-state index contributed by atoms with van der Waals surface area (Å²) in [4.78, 5) is 30.5. The highest BCUT2D eigenvalue weighted by molar-refractivity contribution is 5.89. The number of hydrogen-bond donors (Lipinski definition) is 1. The van der Waals surface area contributed by atoms with E-state index in [1.54, 1.807) is 17.3 Å². The first-order valence-corrected chi connectivity index (χ1v) is 9.72. The second-order valence-electron chi connectivity index (χ2n) is 7.20. The van der Waals surface area contributed by atoms with Crippen LogP contribution in [-0.4, -0.2) is 44.6 Å². The van der Waals surface area contributed by atoms with E-state index in [1.807, 2.05) is 59.5 Å². The van der Waals surface area contributed by atoms with Gasteiger partial charge in [0.1, 0.15) is 0 Å². The van der Waals surface area contributed by atoms with Gasteiger partial charge in [0.05, 0.1) is 17.8 Å². The highest BCUT2D eigenvalue weighted by Gasteiger charge is 2.33. The van der Waals surface area contributed by atoms with Crippen molar-refractivity contribution in [3.8, 4) is 5.69 Å². The van der Waals surface area contributed by atoms with Crippen molar-refractivity contribution < 1.29 is 9.59 Å². The summed E-state index contributed by atoms with van der Waals surface area (Å²) >= 11 is 0. The molecule has 1 aliphatic heterocycles. The first-order chi connectivity index (χ1) is 14.2. The Morgan fingerprint density at radius 1 is 1.10 bits per heavy atom. The van der Waals surface area contributed by atoms with Crippen LogP contribution in [0.4, 0.5) is 0 Å². The molecule has 0 radical (unpaired) electrons. The van der Waals surface area contributed by atoms with Gasteiger partial charge in [-0.15, -0.1) is 0 Å². The maximum atomic E-state index is 12.5. The van der Waals surface area contributed by atoms with Crippen molar-refractivity contribution >= 4 is 11.8 Å². The lowest BCUT2D eigenvalue weighted by atomic mass is 10.1. The molecule has 1 aromatic carbocycles. The van der Waals surface area contributed by atoms with Gasteiger partial charge in [-0.05, 0) is 41.8 Å². The molecule has 1 unspecified atom stereocenters. The molecular formula is C22H23N5O2. The smallest absolute Gasteiger partial charge is 0.225 e. The van der Waals surface area contributed by atoms with Crippen molar-refractivity contribution in [3.63, 3.8) is 0 Å². The Balaban J connectivity index is 1.25. The summed E-state index contributed by atoms with van der Waals surface area (Å²) in [6, 6.07) is 13.7. The van der Waals surface area contributed by atoms with Gasteiger partial charge in [0, 0.05) is 44.6 Å². The molecule has 7 heteroatoms. The molecule has 1 fully saturated rings. The lowest BCUT2D eigenvalue weighted by Crippen LogP contribution is -2.34. The minimum atomic E-state index is -0.295. The average molecular weight is 389 g/mol. The van der Waals surface area contributed by atoms with Crippen LogP contribution in [0.1, 0.15) is 17.5 Å². The van der Waals surface area contributed by atoms with Gasteiger partial charge in [-0.1, -0.05) is 18.2 Å². The monoisotopic (exact) mass is 389 g/mol.